The number of oxime groups is 1. The molecule has 7 nitrogen and oxygen atoms in total. The third-order valence-corrected chi connectivity index (χ3v) is 2.75. The van der Waals surface area contributed by atoms with Gasteiger partial charge in [-0.15, -0.1) is 0 Å². The van der Waals surface area contributed by atoms with E-state index in [1.165, 1.54) is 24.4 Å². The van der Waals surface area contributed by atoms with Crippen LogP contribution in [-0.4, -0.2) is 26.3 Å². The minimum atomic E-state index is -0.559. The number of pyridine rings is 1. The van der Waals surface area contributed by atoms with Crippen molar-refractivity contribution in [3.05, 3.63) is 64.0 Å². The molecule has 2 rings (SSSR count). The molecule has 120 valence electrons. The Morgan fingerprint density at radius 2 is 2.04 bits per heavy atom. The predicted octanol–water partition coefficient (Wildman–Crippen LogP) is 3.26. The van der Waals surface area contributed by atoms with Crippen LogP contribution >= 0.6 is 0 Å². The predicted molar refractivity (Wildman–Crippen MR) is 85.5 cm³/mol. The number of hydrogen-bond donors (Lipinski definition) is 1. The monoisotopic (exact) mass is 315 g/mol. The highest BCUT2D eigenvalue weighted by molar-refractivity contribution is 6.13. The third kappa shape index (κ3) is 4.26. The van der Waals surface area contributed by atoms with Gasteiger partial charge in [0.2, 0.25) is 0 Å². The number of non-ortho nitro benzene ring substituents is 1. The van der Waals surface area contributed by atoms with Crippen molar-refractivity contribution in [3.8, 4) is 5.75 Å². The summed E-state index contributed by atoms with van der Waals surface area (Å²) in [5.41, 5.74) is 0.203. The number of aromatic hydroxyl groups is 1. The SMILES string of the molecule is CC(C)(C)O/N=C(/c1cccc([N+](=O)[O-])c1)c1ncccc1O. The number of benzene rings is 1. The Balaban J connectivity index is 2.56. The maximum atomic E-state index is 11.0. The van der Waals surface area contributed by atoms with E-state index in [1.54, 1.807) is 18.2 Å². The number of nitro benzene ring substituents is 1. The van der Waals surface area contributed by atoms with Crippen LogP contribution in [0.4, 0.5) is 5.69 Å². The van der Waals surface area contributed by atoms with E-state index in [9.17, 15) is 15.2 Å². The Morgan fingerprint density at radius 1 is 1.30 bits per heavy atom. The van der Waals surface area contributed by atoms with Gasteiger partial charge in [0, 0.05) is 23.9 Å². The van der Waals surface area contributed by atoms with Gasteiger partial charge in [-0.25, -0.2) is 0 Å². The molecule has 0 amide bonds. The summed E-state index contributed by atoms with van der Waals surface area (Å²) in [4.78, 5) is 20.0. The summed E-state index contributed by atoms with van der Waals surface area (Å²) in [7, 11) is 0. The lowest BCUT2D eigenvalue weighted by Crippen LogP contribution is -2.18. The average molecular weight is 315 g/mol. The van der Waals surface area contributed by atoms with Crippen molar-refractivity contribution in [1.82, 2.24) is 4.98 Å². The minimum Gasteiger partial charge on any atom is -0.506 e. The van der Waals surface area contributed by atoms with Crippen LogP contribution in [0.1, 0.15) is 32.0 Å². The van der Waals surface area contributed by atoms with Gasteiger partial charge in [0.05, 0.1) is 4.92 Å². The molecule has 0 aliphatic rings. The summed E-state index contributed by atoms with van der Waals surface area (Å²) in [6, 6.07) is 8.97. The number of aromatic nitrogens is 1. The van der Waals surface area contributed by atoms with Crippen molar-refractivity contribution in [2.75, 3.05) is 0 Å². The fraction of sp³-hybridized carbons (Fsp3) is 0.250. The van der Waals surface area contributed by atoms with Crippen molar-refractivity contribution >= 4 is 11.4 Å². The number of nitrogens with zero attached hydrogens (tertiary/aromatic N) is 3. The maximum Gasteiger partial charge on any atom is 0.270 e. The maximum absolute atomic E-state index is 11.0. The first-order chi connectivity index (χ1) is 10.8. The zero-order chi connectivity index (χ0) is 17.0. The lowest BCUT2D eigenvalue weighted by atomic mass is 10.1. The normalized spacial score (nSPS) is 12.0. The molecule has 1 aromatic carbocycles. The number of nitro groups is 1. The average Bonchev–Trinajstić information content (AvgIpc) is 2.48. The summed E-state index contributed by atoms with van der Waals surface area (Å²) in [5, 5.41) is 25.1. The Hall–Kier alpha value is -2.96. The van der Waals surface area contributed by atoms with E-state index in [1.807, 2.05) is 20.8 Å². The van der Waals surface area contributed by atoms with Crippen LogP contribution in [0.5, 0.6) is 5.75 Å². The molecule has 0 unspecified atom stereocenters. The van der Waals surface area contributed by atoms with Crippen LogP contribution < -0.4 is 0 Å². The van der Waals surface area contributed by atoms with Crippen molar-refractivity contribution in [1.29, 1.82) is 0 Å². The minimum absolute atomic E-state index is 0.0821. The lowest BCUT2D eigenvalue weighted by molar-refractivity contribution is -0.384. The molecule has 0 radical (unpaired) electrons. The molecule has 1 aromatic heterocycles. The highest BCUT2D eigenvalue weighted by Gasteiger charge is 2.19. The molecule has 0 saturated heterocycles. The molecule has 1 N–H and O–H groups in total. The molecule has 0 bridgehead atoms. The summed E-state index contributed by atoms with van der Waals surface area (Å²) in [6.45, 7) is 5.46. The summed E-state index contributed by atoms with van der Waals surface area (Å²) in [5.74, 6) is -0.0877. The van der Waals surface area contributed by atoms with E-state index in [-0.39, 0.29) is 22.8 Å². The fourth-order valence-electron chi connectivity index (χ4n) is 1.76. The summed E-state index contributed by atoms with van der Waals surface area (Å²) >= 11 is 0. The largest absolute Gasteiger partial charge is 0.506 e. The van der Waals surface area contributed by atoms with Gasteiger partial charge < -0.3 is 9.94 Å². The Morgan fingerprint density at radius 3 is 2.65 bits per heavy atom. The second-order valence-corrected chi connectivity index (χ2v) is 5.82. The van der Waals surface area contributed by atoms with Gasteiger partial charge in [0.25, 0.3) is 5.69 Å². The molecule has 0 spiro atoms. The van der Waals surface area contributed by atoms with Crippen LogP contribution in [0.25, 0.3) is 0 Å². The first kappa shape index (κ1) is 16.4. The Kier molecular flexibility index (Phi) is 4.59. The molecule has 0 aliphatic carbocycles. The van der Waals surface area contributed by atoms with Gasteiger partial charge in [-0.3, -0.25) is 15.1 Å². The highest BCUT2D eigenvalue weighted by atomic mass is 16.6. The molecule has 23 heavy (non-hydrogen) atoms. The van der Waals surface area contributed by atoms with Crippen LogP contribution in [0.3, 0.4) is 0 Å². The molecule has 7 heteroatoms. The van der Waals surface area contributed by atoms with Crippen molar-refractivity contribution < 1.29 is 14.9 Å². The summed E-state index contributed by atoms with van der Waals surface area (Å²) in [6.07, 6.45) is 1.50. The van der Waals surface area contributed by atoms with Crippen LogP contribution in [-0.2, 0) is 4.84 Å². The first-order valence-corrected chi connectivity index (χ1v) is 6.93. The zero-order valence-corrected chi connectivity index (χ0v) is 13.1. The Labute approximate surface area is 133 Å². The quantitative estimate of drug-likeness (QED) is 0.530. The van der Waals surface area contributed by atoms with Gasteiger partial charge in [-0.05, 0) is 32.9 Å². The van der Waals surface area contributed by atoms with Gasteiger partial charge in [-0.1, -0.05) is 17.3 Å². The van der Waals surface area contributed by atoms with E-state index in [0.29, 0.717) is 5.56 Å². The topological polar surface area (TPSA) is 97.9 Å². The Bertz CT molecular complexity index is 751. The highest BCUT2D eigenvalue weighted by Crippen LogP contribution is 2.22. The van der Waals surface area contributed by atoms with E-state index in [0.717, 1.165) is 0 Å². The van der Waals surface area contributed by atoms with E-state index < -0.39 is 10.5 Å². The molecule has 0 aliphatic heterocycles. The fourth-order valence-corrected chi connectivity index (χ4v) is 1.76. The van der Waals surface area contributed by atoms with Crippen LogP contribution in [0.15, 0.2) is 47.8 Å². The number of rotatable bonds is 4. The molecule has 0 saturated carbocycles. The molecule has 2 aromatic rings. The van der Waals surface area contributed by atoms with Crippen molar-refractivity contribution in [3.63, 3.8) is 0 Å². The van der Waals surface area contributed by atoms with Crippen molar-refractivity contribution in [2.24, 2.45) is 5.16 Å². The van der Waals surface area contributed by atoms with E-state index >= 15 is 0 Å². The van der Waals surface area contributed by atoms with Gasteiger partial charge in [0.15, 0.2) is 0 Å². The zero-order valence-electron chi connectivity index (χ0n) is 13.1. The second kappa shape index (κ2) is 6.43. The molecular formula is C16H17N3O4. The van der Waals surface area contributed by atoms with Crippen LogP contribution in [0.2, 0.25) is 0 Å². The standard InChI is InChI=1S/C16H17N3O4/c1-16(2,3)23-18-14(15-13(20)8-5-9-17-15)11-6-4-7-12(10-11)19(21)22/h4-10,20H,1-3H3/b18-14-. The third-order valence-electron chi connectivity index (χ3n) is 2.75. The van der Waals surface area contributed by atoms with E-state index in [2.05, 4.69) is 10.1 Å². The molecular weight excluding hydrogens is 298 g/mol. The van der Waals surface area contributed by atoms with Gasteiger partial charge >= 0.3 is 0 Å². The second-order valence-electron chi connectivity index (χ2n) is 5.82. The van der Waals surface area contributed by atoms with Crippen molar-refractivity contribution in [2.45, 2.75) is 26.4 Å². The van der Waals surface area contributed by atoms with Gasteiger partial charge in [0.1, 0.15) is 22.8 Å². The molecule has 0 fully saturated rings. The molecule has 0 atom stereocenters. The molecule has 1 heterocycles. The lowest BCUT2D eigenvalue weighted by Gasteiger charge is -2.17. The smallest absolute Gasteiger partial charge is 0.270 e. The summed E-state index contributed by atoms with van der Waals surface area (Å²) < 4.78 is 0. The van der Waals surface area contributed by atoms with Crippen LogP contribution in [0, 0.1) is 10.1 Å². The van der Waals surface area contributed by atoms with Gasteiger partial charge in [-0.2, -0.15) is 0 Å². The first-order valence-electron chi connectivity index (χ1n) is 6.93. The van der Waals surface area contributed by atoms with E-state index in [4.69, 9.17) is 4.84 Å². The number of hydrogen-bond acceptors (Lipinski definition) is 6.